The number of rotatable bonds is 6. The van der Waals surface area contributed by atoms with Crippen LogP contribution in [0.2, 0.25) is 0 Å². The number of benzene rings is 4. The van der Waals surface area contributed by atoms with E-state index in [0.717, 1.165) is 55.5 Å². The van der Waals surface area contributed by atoms with Crippen molar-refractivity contribution in [2.45, 2.75) is 0 Å². The van der Waals surface area contributed by atoms with E-state index in [4.69, 9.17) is 49.7 Å². The molecule has 10 nitrogen and oxygen atoms in total. The van der Waals surface area contributed by atoms with Crippen molar-refractivity contribution in [3.63, 3.8) is 0 Å². The van der Waals surface area contributed by atoms with Gasteiger partial charge in [-0.1, -0.05) is 130 Å². The minimum Gasteiger partial charge on any atom is -0.411 e. The molecule has 0 unspecified atom stereocenters. The molecule has 8 rings (SSSR count). The zero-order chi connectivity index (χ0) is 34.5. The summed E-state index contributed by atoms with van der Waals surface area (Å²) >= 11 is 20.0. The van der Waals surface area contributed by atoms with Gasteiger partial charge in [-0.15, -0.1) is 20.4 Å². The standard InChI is InChI=1S/2C18H13N5S2.Ni/c2*24-18(25)19-16-14-13(11-7-3-1-4-8-11)15(12-9-5-2-6-10-12)20-22-17(14)23-21-16;/h2*1-10H,(H3,19,21,22,23,24,25);/q;;+2/p-2. The van der Waals surface area contributed by atoms with Gasteiger partial charge < -0.3 is 60.3 Å². The van der Waals surface area contributed by atoms with E-state index in [2.05, 4.69) is 51.4 Å². The minimum absolute atomic E-state index is 0. The Labute approximate surface area is 324 Å². The van der Waals surface area contributed by atoms with E-state index >= 15 is 0 Å². The average Bonchev–Trinajstić information content (AvgIpc) is 3.75. The van der Waals surface area contributed by atoms with Crippen molar-refractivity contribution in [2.24, 2.45) is 0 Å². The first-order valence-electron chi connectivity index (χ1n) is 15.1. The Balaban J connectivity index is 0.000000172. The molecule has 0 aliphatic carbocycles. The smallest absolute Gasteiger partial charge is 0.411 e. The minimum atomic E-state index is 0. The molecule has 0 radical (unpaired) electrons. The Morgan fingerprint density at radius 1 is 0.471 bits per heavy atom. The van der Waals surface area contributed by atoms with Gasteiger partial charge in [0, 0.05) is 22.3 Å². The average molecular weight is 784 g/mol. The van der Waals surface area contributed by atoms with Gasteiger partial charge in [0.05, 0.1) is 10.8 Å². The van der Waals surface area contributed by atoms with Gasteiger partial charge in [-0.05, 0) is 11.1 Å². The monoisotopic (exact) mass is 782 g/mol. The van der Waals surface area contributed by atoms with Crippen LogP contribution in [0.5, 0.6) is 0 Å². The van der Waals surface area contributed by atoms with Crippen LogP contribution in [0.3, 0.4) is 0 Å². The zero-order valence-corrected chi connectivity index (χ0v) is 30.4. The molecule has 0 amide bonds. The third-order valence-electron chi connectivity index (χ3n) is 7.63. The maximum absolute atomic E-state index is 5.01. The second kappa shape index (κ2) is 16.1. The molecule has 15 heteroatoms. The third-order valence-corrected chi connectivity index (χ3v) is 8.04. The fourth-order valence-corrected chi connectivity index (χ4v) is 5.95. The Kier molecular flexibility index (Phi) is 11.2. The van der Waals surface area contributed by atoms with E-state index in [1.165, 1.54) is 0 Å². The summed E-state index contributed by atoms with van der Waals surface area (Å²) in [5.74, 6) is 1.11. The van der Waals surface area contributed by atoms with E-state index in [1.54, 1.807) is 0 Å². The zero-order valence-electron chi connectivity index (χ0n) is 26.2. The van der Waals surface area contributed by atoms with Gasteiger partial charge in [0.2, 0.25) is 0 Å². The van der Waals surface area contributed by atoms with Crippen LogP contribution >= 0.6 is 24.4 Å². The number of nitrogens with one attached hydrogen (secondary N) is 4. The molecule has 4 heterocycles. The first kappa shape index (κ1) is 35.5. The summed E-state index contributed by atoms with van der Waals surface area (Å²) < 4.78 is 0.455. The van der Waals surface area contributed by atoms with Crippen molar-refractivity contribution < 1.29 is 16.5 Å². The van der Waals surface area contributed by atoms with Gasteiger partial charge in [-0.2, -0.15) is 10.2 Å². The molecule has 252 valence electrons. The third kappa shape index (κ3) is 7.72. The van der Waals surface area contributed by atoms with E-state index in [1.807, 2.05) is 121 Å². The number of fused-ring (bicyclic) bond motifs is 2. The van der Waals surface area contributed by atoms with Crippen LogP contribution in [-0.2, 0) is 41.7 Å². The van der Waals surface area contributed by atoms with Crippen molar-refractivity contribution >= 4 is 92.0 Å². The first-order valence-corrected chi connectivity index (χ1v) is 16.8. The molecule has 0 aliphatic heterocycles. The van der Waals surface area contributed by atoms with Crippen LogP contribution in [0.4, 0.5) is 11.6 Å². The van der Waals surface area contributed by atoms with Crippen molar-refractivity contribution in [1.29, 1.82) is 0 Å². The summed E-state index contributed by atoms with van der Waals surface area (Å²) in [7, 11) is 0. The Bertz CT molecular complexity index is 2270. The number of H-pyrrole nitrogens is 2. The predicted molar refractivity (Wildman–Crippen MR) is 212 cm³/mol. The number of aromatic amines is 2. The van der Waals surface area contributed by atoms with Crippen molar-refractivity contribution in [2.75, 3.05) is 10.6 Å². The fourth-order valence-electron chi connectivity index (χ4n) is 5.56. The van der Waals surface area contributed by atoms with Crippen LogP contribution in [0, 0.1) is 0 Å². The van der Waals surface area contributed by atoms with Crippen molar-refractivity contribution in [3.8, 4) is 44.8 Å². The van der Waals surface area contributed by atoms with Gasteiger partial charge in [0.1, 0.15) is 11.4 Å². The van der Waals surface area contributed by atoms with E-state index in [9.17, 15) is 0 Å². The molecule has 0 fully saturated rings. The van der Waals surface area contributed by atoms with Crippen LogP contribution in [0.25, 0.3) is 66.8 Å². The van der Waals surface area contributed by atoms with Gasteiger partial charge in [0.25, 0.3) is 0 Å². The van der Waals surface area contributed by atoms with Crippen molar-refractivity contribution in [3.05, 3.63) is 121 Å². The molecular formula is C36H24N10NiS4. The molecule has 4 N–H and O–H groups in total. The van der Waals surface area contributed by atoms with Gasteiger partial charge in [-0.25, -0.2) is 0 Å². The number of thiocarbonyl (C=S) groups is 2. The number of aromatic nitrogens is 8. The summed E-state index contributed by atoms with van der Waals surface area (Å²) in [6.45, 7) is 0. The molecular weight excluding hydrogens is 759 g/mol. The van der Waals surface area contributed by atoms with Crippen molar-refractivity contribution in [1.82, 2.24) is 40.8 Å². The van der Waals surface area contributed by atoms with E-state index in [0.29, 0.717) is 22.9 Å². The quantitative estimate of drug-likeness (QED) is 0.0744. The summed E-state index contributed by atoms with van der Waals surface area (Å²) in [6.07, 6.45) is 0. The SMILES string of the molecule is S=C([S-])Nc1n[nH]c2nnc(-c3ccccc3)c(-c3ccccc3)c12.S=C([S-])Nc1n[nH]c2nnc(-c3ccccc3)c(-c3ccccc3)c12.[Ni+2]. The van der Waals surface area contributed by atoms with E-state index in [-0.39, 0.29) is 25.1 Å². The van der Waals surface area contributed by atoms with Gasteiger partial charge in [0.15, 0.2) is 22.9 Å². The summed E-state index contributed by atoms with van der Waals surface area (Å²) in [4.78, 5) is 0. The summed E-state index contributed by atoms with van der Waals surface area (Å²) in [6, 6.07) is 39.9. The van der Waals surface area contributed by atoms with Gasteiger partial charge >= 0.3 is 16.5 Å². The maximum atomic E-state index is 5.01. The Morgan fingerprint density at radius 3 is 1.10 bits per heavy atom. The molecule has 0 saturated heterocycles. The number of anilines is 2. The largest absolute Gasteiger partial charge is 2.00 e. The molecule has 0 spiro atoms. The topological polar surface area (TPSA) is 133 Å². The van der Waals surface area contributed by atoms with Crippen LogP contribution in [0.1, 0.15) is 0 Å². The predicted octanol–water partition coefficient (Wildman–Crippen LogP) is 7.86. The Morgan fingerprint density at radius 2 is 0.784 bits per heavy atom. The molecule has 4 aromatic heterocycles. The molecule has 4 aromatic carbocycles. The second-order valence-electron chi connectivity index (χ2n) is 10.7. The molecule has 8 aromatic rings. The summed E-state index contributed by atoms with van der Waals surface area (Å²) in [5.41, 5.74) is 8.55. The summed E-state index contributed by atoms with van der Waals surface area (Å²) in [5, 5.41) is 39.3. The van der Waals surface area contributed by atoms with Crippen LogP contribution < -0.4 is 10.6 Å². The Hall–Kier alpha value is -5.31. The molecule has 0 atom stereocenters. The number of nitrogens with zero attached hydrogens (tertiary/aromatic N) is 6. The molecule has 0 aliphatic rings. The maximum Gasteiger partial charge on any atom is 2.00 e. The normalized spacial score (nSPS) is 10.5. The van der Waals surface area contributed by atoms with Crippen LogP contribution in [-0.4, -0.2) is 49.4 Å². The first-order chi connectivity index (χ1) is 24.5. The second-order valence-corrected chi connectivity index (χ2v) is 12.9. The molecule has 0 saturated carbocycles. The number of hydrogen-bond donors (Lipinski definition) is 4. The van der Waals surface area contributed by atoms with E-state index < -0.39 is 0 Å². The molecule has 0 bridgehead atoms. The number of hydrogen-bond acceptors (Lipinski definition) is 10. The van der Waals surface area contributed by atoms with Crippen LogP contribution in [0.15, 0.2) is 121 Å². The fraction of sp³-hybridized carbons (Fsp3) is 0. The molecule has 51 heavy (non-hydrogen) atoms. The van der Waals surface area contributed by atoms with Gasteiger partial charge in [-0.3, -0.25) is 10.2 Å².